The number of anilines is 1. The Morgan fingerprint density at radius 3 is 2.90 bits per heavy atom. The molecular weight excluding hydrogens is 354 g/mol. The van der Waals surface area contributed by atoms with Crippen molar-refractivity contribution in [1.82, 2.24) is 0 Å². The van der Waals surface area contributed by atoms with E-state index in [4.69, 9.17) is 10.6 Å². The van der Waals surface area contributed by atoms with Crippen molar-refractivity contribution in [3.05, 3.63) is 51.1 Å². The van der Waals surface area contributed by atoms with Gasteiger partial charge in [-0.15, -0.1) is 11.3 Å². The van der Waals surface area contributed by atoms with Crippen LogP contribution in [0.1, 0.15) is 11.8 Å². The Morgan fingerprint density at radius 1 is 1.43 bits per heavy atom. The van der Waals surface area contributed by atoms with Crippen LogP contribution in [0.2, 0.25) is 0 Å². The third kappa shape index (κ3) is 4.57. The average Bonchev–Trinajstić information content (AvgIpc) is 2.98. The zero-order valence-corrected chi connectivity index (χ0v) is 13.6. The van der Waals surface area contributed by atoms with Gasteiger partial charge in [-0.25, -0.2) is 0 Å². The summed E-state index contributed by atoms with van der Waals surface area (Å²) in [6, 6.07) is 11.0. The fraction of sp³-hybridized carbons (Fsp3) is 0.143. The molecule has 0 spiro atoms. The number of carbonyl (C=O) groups excluding carboxylic acids is 1. The summed E-state index contributed by atoms with van der Waals surface area (Å²) < 4.78 is 0.883. The second-order valence-corrected chi connectivity index (χ2v) is 6.06. The molecule has 2 rings (SSSR count). The first-order valence-corrected chi connectivity index (χ1v) is 7.83. The van der Waals surface area contributed by atoms with Gasteiger partial charge in [-0.2, -0.15) is 0 Å². The maximum Gasteiger partial charge on any atom is 0.267 e. The number of oxime groups is 1. The molecular formula is C14H14BrN3O2S. The van der Waals surface area contributed by atoms with Crippen LogP contribution in [-0.2, 0) is 9.63 Å². The molecule has 1 heterocycles. The van der Waals surface area contributed by atoms with Crippen molar-refractivity contribution < 1.29 is 9.63 Å². The number of halogens is 1. The number of hydrogen-bond acceptors (Lipinski definition) is 4. The molecule has 0 fully saturated rings. The number of amidine groups is 1. The number of rotatable bonds is 5. The van der Waals surface area contributed by atoms with Crippen molar-refractivity contribution in [1.29, 1.82) is 0 Å². The summed E-state index contributed by atoms with van der Waals surface area (Å²) >= 11 is 4.79. The van der Waals surface area contributed by atoms with Gasteiger partial charge in [0, 0.05) is 10.2 Å². The molecule has 0 aliphatic carbocycles. The number of nitrogens with zero attached hydrogens (tertiary/aromatic N) is 1. The van der Waals surface area contributed by atoms with E-state index < -0.39 is 6.10 Å². The number of thiophene rings is 1. The molecule has 7 heteroatoms. The second-order valence-electron chi connectivity index (χ2n) is 4.20. The van der Waals surface area contributed by atoms with Crippen molar-refractivity contribution >= 4 is 44.7 Å². The molecule has 0 bridgehead atoms. The second kappa shape index (κ2) is 7.24. The predicted octanol–water partition coefficient (Wildman–Crippen LogP) is 3.17. The van der Waals surface area contributed by atoms with Crippen LogP contribution in [0.5, 0.6) is 0 Å². The van der Waals surface area contributed by atoms with Gasteiger partial charge in [-0.05, 0) is 36.6 Å². The minimum atomic E-state index is -0.748. The summed E-state index contributed by atoms with van der Waals surface area (Å²) in [5.74, 6) is -0.0389. The largest absolute Gasteiger partial charge is 0.381 e. The fourth-order valence-corrected chi connectivity index (χ4v) is 2.48. The van der Waals surface area contributed by atoms with Gasteiger partial charge in [0.15, 0.2) is 5.84 Å². The number of nitrogens with two attached hydrogens (primary N) is 1. The first kappa shape index (κ1) is 15.5. The van der Waals surface area contributed by atoms with Gasteiger partial charge in [0.2, 0.25) is 6.10 Å². The SMILES string of the molecule is CC(O/N=C(\N)c1cccs1)C(=O)Nc1cccc(Br)c1. The van der Waals surface area contributed by atoms with Crippen LogP contribution in [0.25, 0.3) is 0 Å². The molecule has 2 aromatic rings. The van der Waals surface area contributed by atoms with Crippen molar-refractivity contribution in [3.8, 4) is 0 Å². The molecule has 1 atom stereocenters. The summed E-state index contributed by atoms with van der Waals surface area (Å²) in [7, 11) is 0. The number of nitrogens with one attached hydrogen (secondary N) is 1. The first-order chi connectivity index (χ1) is 10.1. The number of benzene rings is 1. The van der Waals surface area contributed by atoms with E-state index in [2.05, 4.69) is 26.4 Å². The van der Waals surface area contributed by atoms with Crippen molar-refractivity contribution in [3.63, 3.8) is 0 Å². The van der Waals surface area contributed by atoms with Gasteiger partial charge < -0.3 is 15.9 Å². The van der Waals surface area contributed by atoms with Crippen LogP contribution >= 0.6 is 27.3 Å². The van der Waals surface area contributed by atoms with Crippen LogP contribution in [0.3, 0.4) is 0 Å². The van der Waals surface area contributed by atoms with Gasteiger partial charge in [-0.3, -0.25) is 4.79 Å². The smallest absolute Gasteiger partial charge is 0.267 e. The van der Waals surface area contributed by atoms with E-state index in [0.29, 0.717) is 5.69 Å². The van der Waals surface area contributed by atoms with Crippen molar-refractivity contribution in [2.45, 2.75) is 13.0 Å². The zero-order valence-electron chi connectivity index (χ0n) is 11.2. The molecule has 0 aliphatic heterocycles. The lowest BCUT2D eigenvalue weighted by Gasteiger charge is -2.11. The van der Waals surface area contributed by atoms with E-state index in [0.717, 1.165) is 9.35 Å². The summed E-state index contributed by atoms with van der Waals surface area (Å²) in [4.78, 5) is 17.9. The van der Waals surface area contributed by atoms with E-state index in [1.165, 1.54) is 11.3 Å². The van der Waals surface area contributed by atoms with Crippen LogP contribution in [-0.4, -0.2) is 17.8 Å². The highest BCUT2D eigenvalue weighted by Gasteiger charge is 2.15. The van der Waals surface area contributed by atoms with E-state index >= 15 is 0 Å². The highest BCUT2D eigenvalue weighted by molar-refractivity contribution is 9.10. The van der Waals surface area contributed by atoms with E-state index in [1.54, 1.807) is 19.1 Å². The maximum atomic E-state index is 12.0. The first-order valence-electron chi connectivity index (χ1n) is 6.16. The molecule has 3 N–H and O–H groups in total. The molecule has 1 unspecified atom stereocenters. The quantitative estimate of drug-likeness (QED) is 0.484. The topological polar surface area (TPSA) is 76.7 Å². The molecule has 1 amide bonds. The number of amides is 1. The van der Waals surface area contributed by atoms with Crippen LogP contribution < -0.4 is 11.1 Å². The summed E-state index contributed by atoms with van der Waals surface area (Å²) in [6.45, 7) is 1.61. The number of carbonyl (C=O) groups is 1. The summed E-state index contributed by atoms with van der Waals surface area (Å²) in [6.07, 6.45) is -0.748. The predicted molar refractivity (Wildman–Crippen MR) is 88.4 cm³/mol. The Kier molecular flexibility index (Phi) is 5.35. The number of hydrogen-bond donors (Lipinski definition) is 2. The Balaban J connectivity index is 1.92. The molecule has 1 aromatic carbocycles. The molecule has 5 nitrogen and oxygen atoms in total. The Morgan fingerprint density at radius 2 is 2.24 bits per heavy atom. The third-order valence-electron chi connectivity index (χ3n) is 2.54. The van der Waals surface area contributed by atoms with Gasteiger partial charge >= 0.3 is 0 Å². The standard InChI is InChI=1S/C14H14BrN3O2S/c1-9(20-18-13(16)12-6-3-7-21-12)14(19)17-11-5-2-4-10(15)8-11/h2-9H,1H3,(H2,16,18)(H,17,19). The van der Waals surface area contributed by atoms with E-state index in [1.807, 2.05) is 29.6 Å². The van der Waals surface area contributed by atoms with E-state index in [9.17, 15) is 4.79 Å². The monoisotopic (exact) mass is 367 g/mol. The minimum Gasteiger partial charge on any atom is -0.381 e. The van der Waals surface area contributed by atoms with Gasteiger partial charge in [0.1, 0.15) is 0 Å². The molecule has 21 heavy (non-hydrogen) atoms. The van der Waals surface area contributed by atoms with E-state index in [-0.39, 0.29) is 11.7 Å². The average molecular weight is 368 g/mol. The van der Waals surface area contributed by atoms with Gasteiger partial charge in [0.25, 0.3) is 5.91 Å². The Hall–Kier alpha value is -1.86. The molecule has 0 radical (unpaired) electrons. The van der Waals surface area contributed by atoms with Gasteiger partial charge in [0.05, 0.1) is 4.88 Å². The third-order valence-corrected chi connectivity index (χ3v) is 3.93. The van der Waals surface area contributed by atoms with Crippen LogP contribution in [0, 0.1) is 0 Å². The highest BCUT2D eigenvalue weighted by atomic mass is 79.9. The zero-order chi connectivity index (χ0) is 15.2. The molecule has 0 aliphatic rings. The summed E-state index contributed by atoms with van der Waals surface area (Å²) in [5.41, 5.74) is 6.44. The summed E-state index contributed by atoms with van der Waals surface area (Å²) in [5, 5.41) is 8.41. The molecule has 0 saturated heterocycles. The molecule has 1 aromatic heterocycles. The Labute approximate surface area is 134 Å². The maximum absolute atomic E-state index is 12.0. The normalized spacial score (nSPS) is 12.8. The fourth-order valence-electron chi connectivity index (χ4n) is 1.46. The van der Waals surface area contributed by atoms with Gasteiger partial charge in [-0.1, -0.05) is 33.2 Å². The Bertz CT molecular complexity index is 643. The highest BCUT2D eigenvalue weighted by Crippen LogP contribution is 2.16. The minimum absolute atomic E-state index is 0.257. The van der Waals surface area contributed by atoms with Crippen molar-refractivity contribution in [2.24, 2.45) is 10.9 Å². The lowest BCUT2D eigenvalue weighted by atomic mass is 10.3. The van der Waals surface area contributed by atoms with Crippen molar-refractivity contribution in [2.75, 3.05) is 5.32 Å². The molecule has 110 valence electrons. The molecule has 0 saturated carbocycles. The van der Waals surface area contributed by atoms with Crippen LogP contribution in [0.15, 0.2) is 51.4 Å². The lowest BCUT2D eigenvalue weighted by Crippen LogP contribution is -2.27. The van der Waals surface area contributed by atoms with Crippen LogP contribution in [0.4, 0.5) is 5.69 Å². The lowest BCUT2D eigenvalue weighted by molar-refractivity contribution is -0.126.